The second kappa shape index (κ2) is 3.92. The molecule has 1 aliphatic rings. The zero-order chi connectivity index (χ0) is 12.8. The number of furan rings is 1. The molecular formula is C14H14FNO2. The lowest BCUT2D eigenvalue weighted by atomic mass is 9.65. The molecule has 2 aromatic rings. The van der Waals surface area contributed by atoms with Gasteiger partial charge in [0.1, 0.15) is 0 Å². The van der Waals surface area contributed by atoms with Crippen molar-refractivity contribution in [2.24, 2.45) is 11.1 Å². The Labute approximate surface area is 104 Å². The number of hydrogen-bond donors (Lipinski definition) is 1. The highest BCUT2D eigenvalue weighted by Crippen LogP contribution is 2.43. The second-order valence-electron chi connectivity index (χ2n) is 4.94. The number of hydrogen-bond acceptors (Lipinski definition) is 3. The number of Topliss-reactive ketones (excluding diaryl/α,β-unsaturated/α-hetero) is 1. The number of ketones is 1. The zero-order valence-electron chi connectivity index (χ0n) is 9.91. The quantitative estimate of drug-likeness (QED) is 0.848. The number of benzene rings is 1. The van der Waals surface area contributed by atoms with Crippen LogP contribution in [0.2, 0.25) is 0 Å². The molecule has 1 saturated carbocycles. The van der Waals surface area contributed by atoms with Gasteiger partial charge in [0, 0.05) is 17.3 Å². The van der Waals surface area contributed by atoms with E-state index in [1.165, 1.54) is 6.07 Å². The van der Waals surface area contributed by atoms with Crippen LogP contribution in [0.1, 0.15) is 29.8 Å². The van der Waals surface area contributed by atoms with Crippen LogP contribution in [0.4, 0.5) is 4.39 Å². The SMILES string of the molecule is NCC1(C(=O)c2cc3cccc(F)c3o2)CCC1. The Hall–Kier alpha value is -1.68. The van der Waals surface area contributed by atoms with Crippen molar-refractivity contribution < 1.29 is 13.6 Å². The van der Waals surface area contributed by atoms with E-state index in [1.807, 2.05) is 0 Å². The summed E-state index contributed by atoms with van der Waals surface area (Å²) in [5.41, 5.74) is 5.36. The molecule has 1 aromatic carbocycles. The van der Waals surface area contributed by atoms with E-state index < -0.39 is 11.2 Å². The molecule has 18 heavy (non-hydrogen) atoms. The molecule has 0 aliphatic heterocycles. The monoisotopic (exact) mass is 247 g/mol. The van der Waals surface area contributed by atoms with Crippen LogP contribution in [-0.4, -0.2) is 12.3 Å². The van der Waals surface area contributed by atoms with Gasteiger partial charge in [-0.1, -0.05) is 18.6 Å². The lowest BCUT2D eigenvalue weighted by molar-refractivity contribution is 0.0606. The van der Waals surface area contributed by atoms with Crippen molar-refractivity contribution in [3.63, 3.8) is 0 Å². The molecule has 1 fully saturated rings. The van der Waals surface area contributed by atoms with Gasteiger partial charge < -0.3 is 10.2 Å². The molecule has 4 heteroatoms. The third-order valence-electron chi connectivity index (χ3n) is 3.90. The minimum atomic E-state index is -0.482. The summed E-state index contributed by atoms with van der Waals surface area (Å²) in [5, 5.41) is 0.616. The van der Waals surface area contributed by atoms with Crippen LogP contribution in [-0.2, 0) is 0 Å². The maximum Gasteiger partial charge on any atom is 0.205 e. The molecule has 0 atom stereocenters. The van der Waals surface area contributed by atoms with Crippen LogP contribution in [0.5, 0.6) is 0 Å². The van der Waals surface area contributed by atoms with Crippen molar-refractivity contribution >= 4 is 16.8 Å². The van der Waals surface area contributed by atoms with Crippen LogP contribution < -0.4 is 5.73 Å². The number of nitrogens with two attached hydrogens (primary N) is 1. The van der Waals surface area contributed by atoms with Gasteiger partial charge in [-0.3, -0.25) is 4.79 Å². The summed E-state index contributed by atoms with van der Waals surface area (Å²) in [6.07, 6.45) is 2.60. The van der Waals surface area contributed by atoms with Gasteiger partial charge in [-0.2, -0.15) is 0 Å². The molecule has 0 unspecified atom stereocenters. The number of rotatable bonds is 3. The highest BCUT2D eigenvalue weighted by atomic mass is 19.1. The number of carbonyl (C=O) groups excluding carboxylic acids is 1. The van der Waals surface area contributed by atoms with Gasteiger partial charge in [0.2, 0.25) is 5.78 Å². The molecule has 1 heterocycles. The van der Waals surface area contributed by atoms with Crippen LogP contribution in [0.25, 0.3) is 11.0 Å². The molecular weight excluding hydrogens is 233 g/mol. The molecule has 0 spiro atoms. The molecule has 1 aromatic heterocycles. The molecule has 3 nitrogen and oxygen atoms in total. The average Bonchev–Trinajstić information content (AvgIpc) is 2.73. The number of fused-ring (bicyclic) bond motifs is 1. The topological polar surface area (TPSA) is 56.2 Å². The summed E-state index contributed by atoms with van der Waals surface area (Å²) in [4.78, 5) is 12.4. The van der Waals surface area contributed by atoms with Crippen LogP contribution >= 0.6 is 0 Å². The standard InChI is InChI=1S/C14H14FNO2/c15-10-4-1-3-9-7-11(18-12(9)10)13(17)14(8-16)5-2-6-14/h1,3-4,7H,2,5-6,8,16H2. The van der Waals surface area contributed by atoms with Gasteiger partial charge in [0.15, 0.2) is 17.2 Å². The van der Waals surface area contributed by atoms with Gasteiger partial charge in [-0.05, 0) is 25.0 Å². The Morgan fingerprint density at radius 2 is 2.22 bits per heavy atom. The smallest absolute Gasteiger partial charge is 0.205 e. The molecule has 0 amide bonds. The van der Waals surface area contributed by atoms with E-state index in [2.05, 4.69) is 0 Å². The van der Waals surface area contributed by atoms with Gasteiger partial charge in [0.25, 0.3) is 0 Å². The van der Waals surface area contributed by atoms with Crippen molar-refractivity contribution in [2.75, 3.05) is 6.54 Å². The van der Waals surface area contributed by atoms with E-state index in [0.717, 1.165) is 19.3 Å². The van der Waals surface area contributed by atoms with E-state index >= 15 is 0 Å². The fourth-order valence-electron chi connectivity index (χ4n) is 2.53. The first kappa shape index (κ1) is 11.4. The molecule has 0 radical (unpaired) electrons. The van der Waals surface area contributed by atoms with Crippen molar-refractivity contribution in [3.05, 3.63) is 35.8 Å². The number of halogens is 1. The Morgan fingerprint density at radius 1 is 1.44 bits per heavy atom. The molecule has 2 N–H and O–H groups in total. The fourth-order valence-corrected chi connectivity index (χ4v) is 2.53. The Bertz CT molecular complexity index is 608. The summed E-state index contributed by atoms with van der Waals surface area (Å²) in [7, 11) is 0. The minimum Gasteiger partial charge on any atom is -0.450 e. The summed E-state index contributed by atoms with van der Waals surface area (Å²) in [6, 6.07) is 6.26. The Morgan fingerprint density at radius 3 is 2.78 bits per heavy atom. The molecule has 0 saturated heterocycles. The highest BCUT2D eigenvalue weighted by Gasteiger charge is 2.44. The largest absolute Gasteiger partial charge is 0.450 e. The number of para-hydroxylation sites is 1. The highest BCUT2D eigenvalue weighted by molar-refractivity contribution is 6.02. The third kappa shape index (κ3) is 1.49. The summed E-state index contributed by atoms with van der Waals surface area (Å²) < 4.78 is 18.9. The minimum absolute atomic E-state index is 0.0909. The zero-order valence-corrected chi connectivity index (χ0v) is 9.91. The van der Waals surface area contributed by atoms with E-state index in [4.69, 9.17) is 10.2 Å². The first-order chi connectivity index (χ1) is 8.66. The van der Waals surface area contributed by atoms with E-state index in [9.17, 15) is 9.18 Å². The molecule has 1 aliphatic carbocycles. The molecule has 0 bridgehead atoms. The predicted molar refractivity (Wildman–Crippen MR) is 65.8 cm³/mol. The molecule has 3 rings (SSSR count). The van der Waals surface area contributed by atoms with E-state index in [-0.39, 0.29) is 17.1 Å². The number of carbonyl (C=O) groups is 1. The second-order valence-corrected chi connectivity index (χ2v) is 4.94. The fraction of sp³-hybridized carbons (Fsp3) is 0.357. The van der Waals surface area contributed by atoms with Crippen molar-refractivity contribution in [1.29, 1.82) is 0 Å². The Kier molecular flexibility index (Phi) is 2.48. The van der Waals surface area contributed by atoms with Crippen LogP contribution in [0.3, 0.4) is 0 Å². The van der Waals surface area contributed by atoms with E-state index in [1.54, 1.807) is 18.2 Å². The lowest BCUT2D eigenvalue weighted by Crippen LogP contribution is -2.44. The third-order valence-corrected chi connectivity index (χ3v) is 3.90. The summed E-state index contributed by atoms with van der Waals surface area (Å²) in [5.74, 6) is -0.311. The van der Waals surface area contributed by atoms with Gasteiger partial charge in [-0.15, -0.1) is 0 Å². The van der Waals surface area contributed by atoms with Crippen molar-refractivity contribution in [1.82, 2.24) is 0 Å². The normalized spacial score (nSPS) is 17.7. The van der Waals surface area contributed by atoms with Crippen LogP contribution in [0, 0.1) is 11.2 Å². The first-order valence-corrected chi connectivity index (χ1v) is 6.09. The molecule has 94 valence electrons. The maximum absolute atomic E-state index is 13.5. The predicted octanol–water partition coefficient (Wildman–Crippen LogP) is 2.88. The Balaban J connectivity index is 2.04. The van der Waals surface area contributed by atoms with Gasteiger partial charge in [0.05, 0.1) is 0 Å². The lowest BCUT2D eigenvalue weighted by Gasteiger charge is -2.38. The van der Waals surface area contributed by atoms with Crippen molar-refractivity contribution in [2.45, 2.75) is 19.3 Å². The van der Waals surface area contributed by atoms with Gasteiger partial charge >= 0.3 is 0 Å². The maximum atomic E-state index is 13.5. The summed E-state index contributed by atoms with van der Waals surface area (Å²) >= 11 is 0. The average molecular weight is 247 g/mol. The first-order valence-electron chi connectivity index (χ1n) is 6.09. The van der Waals surface area contributed by atoms with E-state index in [0.29, 0.717) is 11.9 Å². The summed E-state index contributed by atoms with van der Waals surface area (Å²) in [6.45, 7) is 0.325. The van der Waals surface area contributed by atoms with Gasteiger partial charge in [-0.25, -0.2) is 4.39 Å². The van der Waals surface area contributed by atoms with Crippen molar-refractivity contribution in [3.8, 4) is 0 Å². The van der Waals surface area contributed by atoms with Crippen LogP contribution in [0.15, 0.2) is 28.7 Å².